The van der Waals surface area contributed by atoms with Crippen molar-refractivity contribution in [2.45, 2.75) is 39.0 Å². The summed E-state index contributed by atoms with van der Waals surface area (Å²) in [5.41, 5.74) is 4.56. The Morgan fingerprint density at radius 3 is 2.23 bits per heavy atom. The third-order valence-corrected chi connectivity index (χ3v) is 5.41. The maximum Gasteiger partial charge on any atom is 0.234 e. The predicted octanol–water partition coefficient (Wildman–Crippen LogP) is 4.56. The molecule has 0 bridgehead atoms. The highest BCUT2D eigenvalue weighted by Gasteiger charge is 2.11. The van der Waals surface area contributed by atoms with Crippen molar-refractivity contribution >= 4 is 45.8 Å². The van der Waals surface area contributed by atoms with Gasteiger partial charge in [-0.25, -0.2) is 0 Å². The van der Waals surface area contributed by atoms with Crippen molar-refractivity contribution in [2.75, 3.05) is 16.4 Å². The first-order valence-electron chi connectivity index (χ1n) is 8.25. The molecule has 0 saturated heterocycles. The zero-order chi connectivity index (χ0) is 18.7. The van der Waals surface area contributed by atoms with Crippen molar-refractivity contribution in [2.24, 2.45) is 0 Å². The third-order valence-electron chi connectivity index (χ3n) is 3.55. The molecule has 0 atom stereocenters. The van der Waals surface area contributed by atoms with Crippen molar-refractivity contribution in [3.05, 3.63) is 34.6 Å². The van der Waals surface area contributed by atoms with Crippen molar-refractivity contribution in [1.29, 1.82) is 0 Å². The fourth-order valence-electron chi connectivity index (χ4n) is 2.62. The Bertz CT molecular complexity index is 900. The van der Waals surface area contributed by atoms with Gasteiger partial charge in [-0.15, -0.1) is 10.2 Å². The highest BCUT2D eigenvalue weighted by Crippen LogP contribution is 2.28. The molecule has 3 rings (SSSR count). The molecule has 0 spiro atoms. The maximum absolute atomic E-state index is 4.47. The molecule has 0 aliphatic carbocycles. The van der Waals surface area contributed by atoms with E-state index in [9.17, 15) is 0 Å². The van der Waals surface area contributed by atoms with Gasteiger partial charge in [0.1, 0.15) is 5.82 Å². The van der Waals surface area contributed by atoms with Gasteiger partial charge in [0, 0.05) is 5.69 Å². The quantitative estimate of drug-likeness (QED) is 0.595. The second kappa shape index (κ2) is 7.96. The van der Waals surface area contributed by atoms with E-state index in [0.29, 0.717) is 22.9 Å². The van der Waals surface area contributed by atoms with Crippen LogP contribution in [0.15, 0.2) is 16.5 Å². The minimum absolute atomic E-state index is 0.451. The molecule has 0 aliphatic rings. The van der Waals surface area contributed by atoms with Crippen molar-refractivity contribution < 1.29 is 0 Å². The van der Waals surface area contributed by atoms with Crippen molar-refractivity contribution in [3.63, 3.8) is 0 Å². The molecule has 2 heterocycles. The summed E-state index contributed by atoms with van der Waals surface area (Å²) in [5.74, 6) is 2.54. The van der Waals surface area contributed by atoms with Gasteiger partial charge in [-0.2, -0.15) is 15.0 Å². The number of nitrogens with one attached hydrogen (secondary N) is 2. The number of aromatic nitrogens is 5. The molecule has 0 saturated carbocycles. The average Bonchev–Trinajstić information content (AvgIpc) is 2.98. The highest BCUT2D eigenvalue weighted by molar-refractivity contribution is 8.01. The summed E-state index contributed by atoms with van der Waals surface area (Å²) in [6, 6.07) is 4.27. The molecule has 0 amide bonds. The van der Waals surface area contributed by atoms with E-state index >= 15 is 0 Å². The van der Waals surface area contributed by atoms with Crippen LogP contribution in [-0.2, 0) is 0 Å². The molecule has 0 aliphatic heterocycles. The van der Waals surface area contributed by atoms with E-state index in [-0.39, 0.29) is 0 Å². The molecule has 2 aromatic heterocycles. The van der Waals surface area contributed by atoms with Crippen LogP contribution in [0.5, 0.6) is 0 Å². The molecule has 136 valence electrons. The SMILES string of the molecule is CCSc1nnc(Nc2nc(C)nc(Nc3c(C)cc(C)cc3C)n2)s1. The van der Waals surface area contributed by atoms with Gasteiger partial charge in [-0.05, 0) is 44.6 Å². The second-order valence-electron chi connectivity index (χ2n) is 5.86. The van der Waals surface area contributed by atoms with Crippen molar-refractivity contribution in [1.82, 2.24) is 25.1 Å². The number of thioether (sulfide) groups is 1. The third kappa shape index (κ3) is 4.47. The Kier molecular flexibility index (Phi) is 5.67. The van der Waals surface area contributed by atoms with Crippen LogP contribution in [-0.4, -0.2) is 30.9 Å². The highest BCUT2D eigenvalue weighted by atomic mass is 32.2. The van der Waals surface area contributed by atoms with Crippen LogP contribution in [0.1, 0.15) is 29.4 Å². The molecule has 7 nitrogen and oxygen atoms in total. The largest absolute Gasteiger partial charge is 0.324 e. The van der Waals surface area contributed by atoms with E-state index in [4.69, 9.17) is 0 Å². The Labute approximate surface area is 161 Å². The number of rotatable bonds is 6. The summed E-state index contributed by atoms with van der Waals surface area (Å²) in [6.07, 6.45) is 0. The second-order valence-corrected chi connectivity index (χ2v) is 8.35. The average molecular weight is 388 g/mol. The van der Waals surface area contributed by atoms with Crippen LogP contribution >= 0.6 is 23.1 Å². The van der Waals surface area contributed by atoms with Crippen LogP contribution < -0.4 is 10.6 Å². The van der Waals surface area contributed by atoms with Gasteiger partial charge in [-0.3, -0.25) is 5.32 Å². The van der Waals surface area contributed by atoms with Gasteiger partial charge in [0.25, 0.3) is 0 Å². The monoisotopic (exact) mass is 387 g/mol. The molecule has 3 aromatic rings. The zero-order valence-electron chi connectivity index (χ0n) is 15.4. The zero-order valence-corrected chi connectivity index (χ0v) is 17.0. The molecule has 0 fully saturated rings. The molecule has 0 unspecified atom stereocenters. The first-order valence-corrected chi connectivity index (χ1v) is 10.1. The molecule has 26 heavy (non-hydrogen) atoms. The predicted molar refractivity (Wildman–Crippen MR) is 108 cm³/mol. The Morgan fingerprint density at radius 2 is 1.58 bits per heavy atom. The van der Waals surface area contributed by atoms with Crippen molar-refractivity contribution in [3.8, 4) is 0 Å². The van der Waals surface area contributed by atoms with Crippen LogP contribution in [0.2, 0.25) is 0 Å². The van der Waals surface area contributed by atoms with Gasteiger partial charge in [0.15, 0.2) is 4.34 Å². The fraction of sp³-hybridized carbons (Fsp3) is 0.353. The Morgan fingerprint density at radius 1 is 0.923 bits per heavy atom. The summed E-state index contributed by atoms with van der Waals surface area (Å²) < 4.78 is 0.921. The van der Waals surface area contributed by atoms with E-state index in [1.165, 1.54) is 16.9 Å². The molecular formula is C17H21N7S2. The lowest BCUT2D eigenvalue weighted by Gasteiger charge is -2.13. The van der Waals surface area contributed by atoms with Gasteiger partial charge < -0.3 is 5.32 Å². The standard InChI is InChI=1S/C17H21N7S2/c1-6-25-17-24-23-16(26-17)22-15-19-12(5)18-14(21-15)20-13-10(3)7-9(2)8-11(13)4/h7-8H,6H2,1-5H3,(H2,18,19,20,21,22,23). The lowest BCUT2D eigenvalue weighted by atomic mass is 10.1. The first kappa shape index (κ1) is 18.5. The minimum Gasteiger partial charge on any atom is -0.324 e. The van der Waals surface area contributed by atoms with Gasteiger partial charge in [0.05, 0.1) is 0 Å². The number of hydrogen-bond donors (Lipinski definition) is 2. The Balaban J connectivity index is 1.83. The molecule has 9 heteroatoms. The molecular weight excluding hydrogens is 366 g/mol. The van der Waals surface area contributed by atoms with Crippen LogP contribution in [0.25, 0.3) is 0 Å². The number of anilines is 4. The van der Waals surface area contributed by atoms with E-state index in [0.717, 1.165) is 26.9 Å². The molecule has 2 N–H and O–H groups in total. The Hall–Kier alpha value is -2.26. The summed E-state index contributed by atoms with van der Waals surface area (Å²) in [7, 11) is 0. The van der Waals surface area contributed by atoms with E-state index in [1.54, 1.807) is 11.8 Å². The van der Waals surface area contributed by atoms with E-state index < -0.39 is 0 Å². The number of nitrogens with zero attached hydrogens (tertiary/aromatic N) is 5. The fourth-order valence-corrected chi connectivity index (χ4v) is 4.26. The number of aryl methyl sites for hydroxylation is 4. The maximum atomic E-state index is 4.47. The lowest BCUT2D eigenvalue weighted by Crippen LogP contribution is -2.07. The van der Waals surface area contributed by atoms with E-state index in [1.807, 2.05) is 6.92 Å². The van der Waals surface area contributed by atoms with E-state index in [2.05, 4.69) is 75.6 Å². The van der Waals surface area contributed by atoms with Gasteiger partial charge >= 0.3 is 0 Å². The topological polar surface area (TPSA) is 88.5 Å². The summed E-state index contributed by atoms with van der Waals surface area (Å²) in [6.45, 7) is 10.2. The normalized spacial score (nSPS) is 10.8. The van der Waals surface area contributed by atoms with Gasteiger partial charge in [0.2, 0.25) is 17.0 Å². The summed E-state index contributed by atoms with van der Waals surface area (Å²) >= 11 is 3.14. The van der Waals surface area contributed by atoms with Gasteiger partial charge in [-0.1, -0.05) is 47.7 Å². The molecule has 1 aromatic carbocycles. The first-order chi connectivity index (χ1) is 12.4. The van der Waals surface area contributed by atoms with Crippen LogP contribution in [0.4, 0.5) is 22.7 Å². The van der Waals surface area contributed by atoms with Crippen LogP contribution in [0.3, 0.4) is 0 Å². The lowest BCUT2D eigenvalue weighted by molar-refractivity contribution is 0.975. The summed E-state index contributed by atoms with van der Waals surface area (Å²) in [4.78, 5) is 13.2. The van der Waals surface area contributed by atoms with Crippen LogP contribution in [0, 0.1) is 27.7 Å². The summed E-state index contributed by atoms with van der Waals surface area (Å²) in [5, 5.41) is 15.4. The molecule has 0 radical (unpaired) electrons. The smallest absolute Gasteiger partial charge is 0.234 e. The number of benzene rings is 1. The minimum atomic E-state index is 0.451. The number of hydrogen-bond acceptors (Lipinski definition) is 9.